The van der Waals surface area contributed by atoms with Crippen LogP contribution in [0.2, 0.25) is 5.02 Å². The number of nitro groups is 1. The number of amides is 1. The van der Waals surface area contributed by atoms with E-state index in [2.05, 4.69) is 5.32 Å². The molecule has 2 N–H and O–H groups in total. The van der Waals surface area contributed by atoms with Crippen LogP contribution in [0.1, 0.15) is 16.8 Å². The van der Waals surface area contributed by atoms with Gasteiger partial charge in [0.25, 0.3) is 11.6 Å². The molecule has 7 nitrogen and oxygen atoms in total. The van der Waals surface area contributed by atoms with Crippen molar-refractivity contribution in [2.45, 2.75) is 12.5 Å². The molecule has 1 aromatic carbocycles. The van der Waals surface area contributed by atoms with E-state index in [-0.39, 0.29) is 17.0 Å². The third-order valence-corrected chi connectivity index (χ3v) is 3.49. The van der Waals surface area contributed by atoms with E-state index in [1.807, 2.05) is 6.26 Å². The Kier molecular flexibility index (Phi) is 6.44. The highest BCUT2D eigenvalue weighted by Gasteiger charge is 2.25. The number of hydrogen-bond acceptors (Lipinski definition) is 5. The molecule has 9 heteroatoms. The second-order valence-electron chi connectivity index (χ2n) is 4.06. The van der Waals surface area contributed by atoms with Gasteiger partial charge in [0.05, 0.1) is 4.92 Å². The van der Waals surface area contributed by atoms with Crippen LogP contribution in [-0.2, 0) is 4.79 Å². The first-order chi connectivity index (χ1) is 9.86. The fourth-order valence-corrected chi connectivity index (χ4v) is 2.21. The molecule has 0 heterocycles. The Balaban J connectivity index is 2.97. The molecule has 114 valence electrons. The molecule has 0 aromatic heterocycles. The number of nitro benzene ring substituents is 1. The maximum atomic E-state index is 12.0. The Morgan fingerprint density at radius 2 is 2.19 bits per heavy atom. The Hall–Kier alpha value is -1.80. The van der Waals surface area contributed by atoms with Crippen molar-refractivity contribution in [1.29, 1.82) is 0 Å². The smallest absolute Gasteiger partial charge is 0.326 e. The number of rotatable bonds is 7. The van der Waals surface area contributed by atoms with Crippen molar-refractivity contribution in [3.63, 3.8) is 0 Å². The predicted molar refractivity (Wildman–Crippen MR) is 80.0 cm³/mol. The summed E-state index contributed by atoms with van der Waals surface area (Å²) in [6.45, 7) is 0. The number of carboxylic acid groups (broad SMARTS) is 1. The summed E-state index contributed by atoms with van der Waals surface area (Å²) in [5.74, 6) is -1.46. The lowest BCUT2D eigenvalue weighted by molar-refractivity contribution is -0.385. The summed E-state index contributed by atoms with van der Waals surface area (Å²) in [4.78, 5) is 33.3. The number of hydrogen-bond donors (Lipinski definition) is 2. The molecule has 21 heavy (non-hydrogen) atoms. The molecule has 0 bridgehead atoms. The highest BCUT2D eigenvalue weighted by Crippen LogP contribution is 2.23. The van der Waals surface area contributed by atoms with Crippen molar-refractivity contribution in [2.24, 2.45) is 0 Å². The van der Waals surface area contributed by atoms with Gasteiger partial charge in [-0.1, -0.05) is 11.6 Å². The van der Waals surface area contributed by atoms with Crippen LogP contribution in [0.15, 0.2) is 18.2 Å². The van der Waals surface area contributed by atoms with Gasteiger partial charge >= 0.3 is 5.97 Å². The number of halogens is 1. The second-order valence-corrected chi connectivity index (χ2v) is 5.49. The fraction of sp³-hybridized carbons (Fsp3) is 0.333. The normalized spacial score (nSPS) is 11.7. The maximum Gasteiger partial charge on any atom is 0.326 e. The highest BCUT2D eigenvalue weighted by molar-refractivity contribution is 7.98. The van der Waals surface area contributed by atoms with Crippen LogP contribution in [-0.4, -0.2) is 40.0 Å². The molecule has 0 radical (unpaired) electrons. The molecule has 0 fully saturated rings. The minimum Gasteiger partial charge on any atom is -0.480 e. The number of benzene rings is 1. The van der Waals surface area contributed by atoms with E-state index in [9.17, 15) is 19.7 Å². The van der Waals surface area contributed by atoms with E-state index in [0.717, 1.165) is 6.07 Å². The molecule has 0 saturated carbocycles. The number of thioether (sulfide) groups is 1. The molecule has 1 rings (SSSR count). The molecular weight excluding hydrogens is 320 g/mol. The van der Waals surface area contributed by atoms with Gasteiger partial charge in [-0.05, 0) is 30.6 Å². The number of nitrogens with one attached hydrogen (secondary N) is 1. The zero-order chi connectivity index (χ0) is 16.0. The van der Waals surface area contributed by atoms with E-state index in [4.69, 9.17) is 16.7 Å². The quantitative estimate of drug-likeness (QED) is 0.585. The van der Waals surface area contributed by atoms with Crippen LogP contribution in [0.25, 0.3) is 0 Å². The third-order valence-electron chi connectivity index (χ3n) is 2.62. The Morgan fingerprint density at radius 1 is 1.52 bits per heavy atom. The van der Waals surface area contributed by atoms with Gasteiger partial charge in [0.2, 0.25) is 0 Å². The van der Waals surface area contributed by atoms with Crippen molar-refractivity contribution in [1.82, 2.24) is 5.32 Å². The van der Waals surface area contributed by atoms with E-state index in [1.54, 1.807) is 0 Å². The van der Waals surface area contributed by atoms with E-state index in [1.165, 1.54) is 23.9 Å². The maximum absolute atomic E-state index is 12.0. The van der Waals surface area contributed by atoms with Crippen molar-refractivity contribution >= 4 is 40.9 Å². The second kappa shape index (κ2) is 7.84. The fourth-order valence-electron chi connectivity index (χ4n) is 1.58. The molecule has 1 atom stereocenters. The largest absolute Gasteiger partial charge is 0.480 e. The van der Waals surface area contributed by atoms with Crippen molar-refractivity contribution in [3.8, 4) is 0 Å². The Labute approximate surface area is 129 Å². The lowest BCUT2D eigenvalue weighted by Gasteiger charge is -2.14. The SMILES string of the molecule is CSCCC(NC(=O)c1ccc(Cl)cc1[N+](=O)[O-])C(=O)O. The standard InChI is InChI=1S/C12H13ClN2O5S/c1-21-5-4-9(12(17)18)14-11(16)8-3-2-7(13)6-10(8)15(19)20/h2-3,6,9H,4-5H2,1H3,(H,14,16)(H,17,18). The molecular formula is C12H13ClN2O5S. The summed E-state index contributed by atoms with van der Waals surface area (Å²) >= 11 is 7.10. The van der Waals surface area contributed by atoms with Crippen LogP contribution < -0.4 is 5.32 Å². The van der Waals surface area contributed by atoms with E-state index < -0.39 is 28.5 Å². The molecule has 1 unspecified atom stereocenters. The van der Waals surface area contributed by atoms with Crippen molar-refractivity contribution in [2.75, 3.05) is 12.0 Å². The molecule has 1 aromatic rings. The highest BCUT2D eigenvalue weighted by atomic mass is 35.5. The first kappa shape index (κ1) is 17.3. The lowest BCUT2D eigenvalue weighted by Crippen LogP contribution is -2.41. The van der Waals surface area contributed by atoms with Gasteiger partial charge in [-0.3, -0.25) is 14.9 Å². The van der Waals surface area contributed by atoms with Gasteiger partial charge in [-0.2, -0.15) is 11.8 Å². The van der Waals surface area contributed by atoms with Crippen molar-refractivity contribution < 1.29 is 19.6 Å². The third kappa shape index (κ3) is 4.91. The summed E-state index contributed by atoms with van der Waals surface area (Å²) in [6.07, 6.45) is 2.04. The zero-order valence-corrected chi connectivity index (χ0v) is 12.6. The summed E-state index contributed by atoms with van der Waals surface area (Å²) < 4.78 is 0. The van der Waals surface area contributed by atoms with Crippen LogP contribution in [0.4, 0.5) is 5.69 Å². The predicted octanol–water partition coefficient (Wildman–Crippen LogP) is 2.18. The molecule has 0 aliphatic rings. The van der Waals surface area contributed by atoms with Crippen LogP contribution in [0.3, 0.4) is 0 Å². The zero-order valence-electron chi connectivity index (χ0n) is 11.0. The summed E-state index contributed by atoms with van der Waals surface area (Å²) in [6, 6.07) is 2.48. The van der Waals surface area contributed by atoms with Crippen LogP contribution in [0.5, 0.6) is 0 Å². The molecule has 0 aliphatic carbocycles. The Morgan fingerprint density at radius 3 is 2.71 bits per heavy atom. The van der Waals surface area contributed by atoms with Gasteiger partial charge < -0.3 is 10.4 Å². The lowest BCUT2D eigenvalue weighted by atomic mass is 10.1. The molecule has 0 saturated heterocycles. The molecule has 1 amide bonds. The number of aliphatic carboxylic acids is 1. The van der Waals surface area contributed by atoms with Gasteiger partial charge in [0, 0.05) is 11.1 Å². The summed E-state index contributed by atoms with van der Waals surface area (Å²) in [7, 11) is 0. The van der Waals surface area contributed by atoms with Crippen LogP contribution in [0, 0.1) is 10.1 Å². The average Bonchev–Trinajstić information content (AvgIpc) is 2.42. The first-order valence-corrected chi connectivity index (χ1v) is 7.60. The monoisotopic (exact) mass is 332 g/mol. The number of nitrogens with zero attached hydrogens (tertiary/aromatic N) is 1. The number of carbonyl (C=O) groups excluding carboxylic acids is 1. The molecule has 0 spiro atoms. The first-order valence-electron chi connectivity index (χ1n) is 5.83. The van der Waals surface area contributed by atoms with E-state index >= 15 is 0 Å². The summed E-state index contributed by atoms with van der Waals surface area (Å²) in [5, 5.41) is 22.4. The number of carbonyl (C=O) groups is 2. The van der Waals surface area contributed by atoms with Gasteiger partial charge in [-0.15, -0.1) is 0 Å². The van der Waals surface area contributed by atoms with E-state index in [0.29, 0.717) is 5.75 Å². The Bertz CT molecular complexity index is 567. The minimum atomic E-state index is -1.19. The minimum absolute atomic E-state index is 0.121. The average molecular weight is 333 g/mol. The van der Waals surface area contributed by atoms with Gasteiger partial charge in [0.15, 0.2) is 0 Å². The van der Waals surface area contributed by atoms with Gasteiger partial charge in [0.1, 0.15) is 11.6 Å². The number of carboxylic acids is 1. The molecule has 0 aliphatic heterocycles. The topological polar surface area (TPSA) is 110 Å². The van der Waals surface area contributed by atoms with Crippen molar-refractivity contribution in [3.05, 3.63) is 38.9 Å². The van der Waals surface area contributed by atoms with Crippen LogP contribution >= 0.6 is 23.4 Å². The summed E-state index contributed by atoms with van der Waals surface area (Å²) in [5.41, 5.74) is -0.686. The van der Waals surface area contributed by atoms with Gasteiger partial charge in [-0.25, -0.2) is 4.79 Å².